The van der Waals surface area contributed by atoms with Crippen molar-refractivity contribution < 1.29 is 34.7 Å². The van der Waals surface area contributed by atoms with Crippen molar-refractivity contribution in [3.8, 4) is 0 Å². The van der Waals surface area contributed by atoms with Gasteiger partial charge in [0.25, 0.3) is 0 Å². The Labute approximate surface area is 187 Å². The summed E-state index contributed by atoms with van der Waals surface area (Å²) in [5, 5.41) is 3.51. The number of imide groups is 1. The van der Waals surface area contributed by atoms with Crippen LogP contribution in [0.3, 0.4) is 0 Å². The average Bonchev–Trinajstić information content (AvgIpc) is 3.33. The van der Waals surface area contributed by atoms with E-state index in [4.69, 9.17) is 16.2 Å². The van der Waals surface area contributed by atoms with E-state index in [1.165, 1.54) is 11.1 Å². The van der Waals surface area contributed by atoms with Crippen molar-refractivity contribution in [2.75, 3.05) is 11.4 Å². The van der Waals surface area contributed by atoms with Crippen LogP contribution < -0.4 is 16.4 Å². The summed E-state index contributed by atoms with van der Waals surface area (Å²) in [5.41, 5.74) is 14.8. The fourth-order valence-electron chi connectivity index (χ4n) is 3.36. The maximum absolute atomic E-state index is 12.2. The van der Waals surface area contributed by atoms with Crippen molar-refractivity contribution >= 4 is 23.3 Å². The maximum atomic E-state index is 12.2. The molecular formula is C20H23N6O3Pd-. The van der Waals surface area contributed by atoms with Gasteiger partial charge in [-0.3, -0.25) is 9.59 Å². The van der Waals surface area contributed by atoms with Gasteiger partial charge in [0.15, 0.2) is 6.03 Å². The molecule has 3 amide bonds. The molecule has 162 valence electrons. The number of aromatic nitrogens is 2. The second kappa shape index (κ2) is 8.50. The van der Waals surface area contributed by atoms with Gasteiger partial charge in [-0.15, -0.1) is 0 Å². The van der Waals surface area contributed by atoms with Gasteiger partial charge in [-0.25, -0.2) is 4.98 Å². The van der Waals surface area contributed by atoms with Crippen LogP contribution in [-0.4, -0.2) is 27.9 Å². The Morgan fingerprint density at radius 3 is 2.67 bits per heavy atom. The number of hydrogen-bond acceptors (Lipinski definition) is 6. The number of carbonyl (C=O) groups excluding carboxylic acids is 2. The molecule has 1 atom stereocenters. The Balaban J connectivity index is 0.00000256. The van der Waals surface area contributed by atoms with Crippen molar-refractivity contribution in [3.05, 3.63) is 58.8 Å². The Bertz CT molecular complexity index is 1050. The molecule has 4 N–H and O–H groups in total. The first-order chi connectivity index (χ1) is 13.9. The van der Waals surface area contributed by atoms with Crippen LogP contribution in [-0.2, 0) is 30.0 Å². The second-order valence-corrected chi connectivity index (χ2v) is 7.42. The van der Waals surface area contributed by atoms with E-state index in [2.05, 4.69) is 10.3 Å². The predicted octanol–water partition coefficient (Wildman–Crippen LogP) is 2.79. The Hall–Kier alpha value is -2.83. The molecule has 1 aliphatic heterocycles. The third-order valence-electron chi connectivity index (χ3n) is 4.92. The number of amides is 3. The molecule has 10 heteroatoms. The third-order valence-corrected chi connectivity index (χ3v) is 4.92. The number of rotatable bonds is 6. The number of allylic oxidation sites excluding steroid dienone is 2. The van der Waals surface area contributed by atoms with Crippen molar-refractivity contribution in [3.63, 3.8) is 0 Å². The van der Waals surface area contributed by atoms with Crippen molar-refractivity contribution in [2.45, 2.75) is 38.7 Å². The van der Waals surface area contributed by atoms with Crippen LogP contribution in [0.1, 0.15) is 50.0 Å². The number of urea groups is 1. The summed E-state index contributed by atoms with van der Waals surface area (Å²) < 4.78 is 7.75. The molecule has 0 aromatic carbocycles. The minimum absolute atomic E-state index is 0. The maximum Gasteiger partial charge on any atom is 0.165 e. The number of imidazole rings is 1. The third kappa shape index (κ3) is 4.35. The summed E-state index contributed by atoms with van der Waals surface area (Å²) in [6, 6.07) is 1.38. The smallest absolute Gasteiger partial charge is 0.165 e. The second-order valence-electron chi connectivity index (χ2n) is 7.42. The van der Waals surface area contributed by atoms with Crippen molar-refractivity contribution in [1.29, 1.82) is 0 Å². The van der Waals surface area contributed by atoms with E-state index in [0.29, 0.717) is 34.4 Å². The van der Waals surface area contributed by atoms with Gasteiger partial charge in [0.05, 0.1) is 5.69 Å². The molecular weight excluding hydrogens is 479 g/mol. The zero-order chi connectivity index (χ0) is 20.7. The van der Waals surface area contributed by atoms with Gasteiger partial charge in [-0.05, 0) is 38.2 Å². The molecule has 2 aromatic heterocycles. The van der Waals surface area contributed by atoms with E-state index in [-0.39, 0.29) is 27.0 Å². The number of carbonyl (C=O) groups is 2. The van der Waals surface area contributed by atoms with E-state index in [1.807, 2.05) is 29.8 Å². The molecule has 2 aromatic rings. The molecule has 2 fully saturated rings. The van der Waals surface area contributed by atoms with E-state index in [9.17, 15) is 9.59 Å². The largest absolute Gasteiger partial charge is 0.483 e. The number of nitrogens with two attached hydrogens (primary N) is 2. The molecule has 1 saturated carbocycles. The molecule has 1 aliphatic carbocycles. The average molecular weight is 502 g/mol. The van der Waals surface area contributed by atoms with E-state index >= 15 is 0 Å². The topological polar surface area (TPSA) is 130 Å². The number of ether oxygens (including phenoxy) is 1. The molecule has 0 bridgehead atoms. The van der Waals surface area contributed by atoms with Gasteiger partial charge in [-0.1, -0.05) is 6.07 Å². The Kier molecular flexibility index (Phi) is 6.20. The van der Waals surface area contributed by atoms with Crippen LogP contribution in [0, 0.1) is 0 Å². The van der Waals surface area contributed by atoms with Gasteiger partial charge in [0.2, 0.25) is 0 Å². The molecule has 9 nitrogen and oxygen atoms in total. The van der Waals surface area contributed by atoms with E-state index in [1.54, 1.807) is 13.0 Å². The van der Waals surface area contributed by atoms with Crippen LogP contribution >= 0.6 is 0 Å². The fraction of sp³-hybridized carbons (Fsp3) is 0.350. The summed E-state index contributed by atoms with van der Waals surface area (Å²) in [7, 11) is 0. The minimum atomic E-state index is -0.560. The summed E-state index contributed by atoms with van der Waals surface area (Å²) >= 11 is 0. The van der Waals surface area contributed by atoms with Gasteiger partial charge < -0.3 is 30.8 Å². The summed E-state index contributed by atoms with van der Waals surface area (Å²) in [6.45, 7) is 3.53. The molecule has 3 heterocycles. The monoisotopic (exact) mass is 501 g/mol. The molecule has 4 rings (SSSR count). The first kappa shape index (κ1) is 21.9. The fourth-order valence-corrected chi connectivity index (χ4v) is 3.36. The van der Waals surface area contributed by atoms with Crippen LogP contribution in [0.15, 0.2) is 42.2 Å². The Morgan fingerprint density at radius 1 is 1.37 bits per heavy atom. The van der Waals surface area contributed by atoms with Crippen LogP contribution in [0.25, 0.3) is 11.0 Å². The minimum Gasteiger partial charge on any atom is -0.483 e. The van der Waals surface area contributed by atoms with Gasteiger partial charge in [-0.2, -0.15) is 0 Å². The van der Waals surface area contributed by atoms with E-state index in [0.717, 1.165) is 18.4 Å². The molecule has 0 spiro atoms. The number of anilines is 1. The molecule has 30 heavy (non-hydrogen) atoms. The normalized spacial score (nSPS) is 18.4. The predicted molar refractivity (Wildman–Crippen MR) is 108 cm³/mol. The summed E-state index contributed by atoms with van der Waals surface area (Å²) in [4.78, 5) is 29.9. The SMILES string of the molecule is C/C(N)=C/C(=C\N)OC(C)c1cn2cc(C3CC3)cc(N3CC(=O)[N-]C3=O)c2n1.[Pd]. The summed E-state index contributed by atoms with van der Waals surface area (Å²) in [5.74, 6) is 0.454. The van der Waals surface area contributed by atoms with Gasteiger partial charge in [0, 0.05) is 63.0 Å². The summed E-state index contributed by atoms with van der Waals surface area (Å²) in [6.07, 6.45) is 8.68. The van der Waals surface area contributed by atoms with Crippen LogP contribution in [0.2, 0.25) is 0 Å². The van der Waals surface area contributed by atoms with Crippen LogP contribution in [0.5, 0.6) is 0 Å². The first-order valence-electron chi connectivity index (χ1n) is 9.46. The standard InChI is InChI=1S/C20H24N6O3.Pd/c1-11(22)5-15(7-21)29-12(2)16-9-25-8-14(13-3-4-13)6-17(19(25)23-16)26-10-18(27)24-20(26)28;/h5-9,12-13H,3-4,10,21-22H2,1-2H3,(H,24,27,28);/p-1/b11-5-,15-7+;. The number of fused-ring (bicyclic) bond motifs is 1. The molecule has 1 saturated heterocycles. The van der Waals surface area contributed by atoms with Crippen molar-refractivity contribution in [2.24, 2.45) is 11.5 Å². The first-order valence-corrected chi connectivity index (χ1v) is 9.46. The number of hydrogen-bond donors (Lipinski definition) is 2. The number of nitrogens with zero attached hydrogens (tertiary/aromatic N) is 4. The molecule has 0 radical (unpaired) electrons. The zero-order valence-corrected chi connectivity index (χ0v) is 18.2. The zero-order valence-electron chi connectivity index (χ0n) is 16.6. The van der Waals surface area contributed by atoms with E-state index < -0.39 is 18.0 Å². The van der Waals surface area contributed by atoms with Crippen molar-refractivity contribution in [1.82, 2.24) is 9.38 Å². The quantitative estimate of drug-likeness (QED) is 0.271. The van der Waals surface area contributed by atoms with Gasteiger partial charge >= 0.3 is 0 Å². The van der Waals surface area contributed by atoms with Gasteiger partial charge in [0.1, 0.15) is 23.4 Å². The molecule has 1 unspecified atom stereocenters. The Morgan fingerprint density at radius 2 is 2.10 bits per heavy atom. The number of pyridine rings is 1. The molecule has 2 aliphatic rings. The van der Waals surface area contributed by atoms with Crippen LogP contribution in [0.4, 0.5) is 10.5 Å².